The first-order chi connectivity index (χ1) is 8.84. The summed E-state index contributed by atoms with van der Waals surface area (Å²) in [4.78, 5) is 11.9. The Labute approximate surface area is 119 Å². The molecule has 0 aliphatic heterocycles. The summed E-state index contributed by atoms with van der Waals surface area (Å²) in [6.45, 7) is 7.98. The summed E-state index contributed by atoms with van der Waals surface area (Å²) in [5.41, 5.74) is 5.63. The molecule has 1 atom stereocenters. The third-order valence-electron chi connectivity index (χ3n) is 2.91. The molecule has 6 heteroatoms. The van der Waals surface area contributed by atoms with Gasteiger partial charge in [0.1, 0.15) is 5.01 Å². The minimum absolute atomic E-state index is 0.205. The van der Waals surface area contributed by atoms with E-state index in [0.29, 0.717) is 5.13 Å². The minimum atomic E-state index is -0.556. The second kappa shape index (κ2) is 6.96. The van der Waals surface area contributed by atoms with Crippen LogP contribution in [0.2, 0.25) is 0 Å². The van der Waals surface area contributed by atoms with Crippen LogP contribution in [0.1, 0.15) is 52.0 Å². The SMILES string of the molecule is CCCCCc1nnc(NC(=O)[C@@H](N)C(C)(C)C)s1. The summed E-state index contributed by atoms with van der Waals surface area (Å²) < 4.78 is 0. The van der Waals surface area contributed by atoms with E-state index >= 15 is 0 Å². The smallest absolute Gasteiger partial charge is 0.243 e. The van der Waals surface area contributed by atoms with E-state index in [9.17, 15) is 4.79 Å². The minimum Gasteiger partial charge on any atom is -0.319 e. The van der Waals surface area contributed by atoms with Crippen molar-refractivity contribution in [2.24, 2.45) is 11.1 Å². The molecule has 1 amide bonds. The van der Waals surface area contributed by atoms with Gasteiger partial charge in [-0.25, -0.2) is 0 Å². The molecule has 3 N–H and O–H groups in total. The Kier molecular flexibility index (Phi) is 5.87. The predicted molar refractivity (Wildman–Crippen MR) is 79.2 cm³/mol. The third kappa shape index (κ3) is 5.24. The number of nitrogens with zero attached hydrogens (tertiary/aromatic N) is 2. The lowest BCUT2D eigenvalue weighted by molar-refractivity contribution is -0.119. The molecule has 0 saturated heterocycles. The van der Waals surface area contributed by atoms with Crippen LogP contribution in [0.5, 0.6) is 0 Å². The number of hydrogen-bond acceptors (Lipinski definition) is 5. The summed E-state index contributed by atoms with van der Waals surface area (Å²) in [5, 5.41) is 12.3. The predicted octanol–water partition coefficient (Wildman–Crippen LogP) is 2.58. The molecule has 0 radical (unpaired) electrons. The van der Waals surface area contributed by atoms with E-state index in [1.54, 1.807) is 0 Å². The van der Waals surface area contributed by atoms with Crippen molar-refractivity contribution in [1.29, 1.82) is 0 Å². The highest BCUT2D eigenvalue weighted by atomic mass is 32.1. The van der Waals surface area contributed by atoms with E-state index in [2.05, 4.69) is 22.4 Å². The molecule has 0 aliphatic carbocycles. The van der Waals surface area contributed by atoms with Crippen LogP contribution in [0.25, 0.3) is 0 Å². The van der Waals surface area contributed by atoms with Crippen molar-refractivity contribution in [3.63, 3.8) is 0 Å². The van der Waals surface area contributed by atoms with Gasteiger partial charge in [0.15, 0.2) is 0 Å². The molecular weight excluding hydrogens is 260 g/mol. The number of aromatic nitrogens is 2. The van der Waals surface area contributed by atoms with E-state index in [0.717, 1.165) is 17.8 Å². The molecule has 5 nitrogen and oxygen atoms in total. The fourth-order valence-corrected chi connectivity index (χ4v) is 2.29. The molecule has 1 aromatic heterocycles. The Morgan fingerprint density at radius 1 is 1.37 bits per heavy atom. The first-order valence-corrected chi connectivity index (χ1v) is 7.55. The standard InChI is InChI=1S/C13H24N4OS/c1-5-6-7-8-9-16-17-12(19-9)15-11(18)10(14)13(2,3)4/h10H,5-8,14H2,1-4H3,(H,15,17,18)/t10-/m1/s1. The quantitative estimate of drug-likeness (QED) is 0.787. The first kappa shape index (κ1) is 16.0. The van der Waals surface area contributed by atoms with Gasteiger partial charge in [-0.15, -0.1) is 10.2 Å². The Balaban J connectivity index is 2.51. The molecule has 108 valence electrons. The zero-order valence-corrected chi connectivity index (χ0v) is 13.0. The molecule has 0 unspecified atom stereocenters. The average molecular weight is 284 g/mol. The maximum absolute atomic E-state index is 11.9. The lowest BCUT2D eigenvalue weighted by atomic mass is 9.87. The average Bonchev–Trinajstić information content (AvgIpc) is 2.75. The maximum Gasteiger partial charge on any atom is 0.243 e. The molecule has 0 aliphatic rings. The second-order valence-corrected chi connectivity index (χ2v) is 6.85. The van der Waals surface area contributed by atoms with Crippen LogP contribution < -0.4 is 11.1 Å². The zero-order chi connectivity index (χ0) is 14.5. The van der Waals surface area contributed by atoms with Crippen molar-refractivity contribution in [1.82, 2.24) is 10.2 Å². The van der Waals surface area contributed by atoms with Crippen molar-refractivity contribution < 1.29 is 4.79 Å². The van der Waals surface area contributed by atoms with E-state index in [-0.39, 0.29) is 11.3 Å². The molecule has 0 fully saturated rings. The van der Waals surface area contributed by atoms with Gasteiger partial charge < -0.3 is 5.73 Å². The van der Waals surface area contributed by atoms with Gasteiger partial charge in [0.2, 0.25) is 11.0 Å². The fourth-order valence-electron chi connectivity index (χ4n) is 1.51. The zero-order valence-electron chi connectivity index (χ0n) is 12.2. The number of unbranched alkanes of at least 4 members (excludes halogenated alkanes) is 2. The van der Waals surface area contributed by atoms with Crippen molar-refractivity contribution in [2.75, 3.05) is 5.32 Å². The van der Waals surface area contributed by atoms with Crippen LogP contribution in [0.15, 0.2) is 0 Å². The highest BCUT2D eigenvalue weighted by molar-refractivity contribution is 7.15. The second-order valence-electron chi connectivity index (χ2n) is 5.79. The van der Waals surface area contributed by atoms with E-state index in [4.69, 9.17) is 5.73 Å². The van der Waals surface area contributed by atoms with Gasteiger partial charge in [0.25, 0.3) is 0 Å². The molecule has 0 saturated carbocycles. The van der Waals surface area contributed by atoms with Crippen LogP contribution >= 0.6 is 11.3 Å². The number of nitrogens with two attached hydrogens (primary N) is 1. The summed E-state index contributed by atoms with van der Waals surface area (Å²) in [7, 11) is 0. The van der Waals surface area contributed by atoms with E-state index in [1.165, 1.54) is 24.2 Å². The Morgan fingerprint density at radius 3 is 2.63 bits per heavy atom. The molecule has 1 rings (SSSR count). The molecule has 19 heavy (non-hydrogen) atoms. The summed E-state index contributed by atoms with van der Waals surface area (Å²) in [6.07, 6.45) is 4.41. The molecule has 1 aromatic rings. The lowest BCUT2D eigenvalue weighted by Crippen LogP contribution is -2.45. The number of nitrogens with one attached hydrogen (secondary N) is 1. The van der Waals surface area contributed by atoms with Crippen molar-refractivity contribution >= 4 is 22.4 Å². The van der Waals surface area contributed by atoms with Gasteiger partial charge >= 0.3 is 0 Å². The van der Waals surface area contributed by atoms with Gasteiger partial charge in [-0.3, -0.25) is 10.1 Å². The number of hydrogen-bond donors (Lipinski definition) is 2. The summed E-state index contributed by atoms with van der Waals surface area (Å²) in [6, 6.07) is -0.556. The number of carbonyl (C=O) groups is 1. The van der Waals surface area contributed by atoms with Crippen LogP contribution in [0.4, 0.5) is 5.13 Å². The Hall–Kier alpha value is -1.01. The Morgan fingerprint density at radius 2 is 2.05 bits per heavy atom. The fraction of sp³-hybridized carbons (Fsp3) is 0.769. The molecule has 0 spiro atoms. The van der Waals surface area contributed by atoms with Crippen molar-refractivity contribution in [2.45, 2.75) is 59.4 Å². The first-order valence-electron chi connectivity index (χ1n) is 6.73. The monoisotopic (exact) mass is 284 g/mol. The highest BCUT2D eigenvalue weighted by Gasteiger charge is 2.28. The van der Waals surface area contributed by atoms with E-state index in [1.807, 2.05) is 20.8 Å². The normalized spacial score (nSPS) is 13.3. The number of rotatable bonds is 6. The molecule has 0 aromatic carbocycles. The number of aryl methyl sites for hydroxylation is 1. The Bertz CT molecular complexity index is 411. The van der Waals surface area contributed by atoms with Crippen LogP contribution in [-0.2, 0) is 11.2 Å². The largest absolute Gasteiger partial charge is 0.319 e. The van der Waals surface area contributed by atoms with Gasteiger partial charge in [-0.2, -0.15) is 0 Å². The number of amides is 1. The maximum atomic E-state index is 11.9. The van der Waals surface area contributed by atoms with Gasteiger partial charge in [0.05, 0.1) is 6.04 Å². The van der Waals surface area contributed by atoms with Crippen LogP contribution in [0.3, 0.4) is 0 Å². The summed E-state index contributed by atoms with van der Waals surface area (Å²) >= 11 is 1.43. The number of anilines is 1. The van der Waals surface area contributed by atoms with Crippen molar-refractivity contribution in [3.05, 3.63) is 5.01 Å². The van der Waals surface area contributed by atoms with Gasteiger partial charge in [-0.05, 0) is 11.8 Å². The third-order valence-corrected chi connectivity index (χ3v) is 3.81. The number of carbonyl (C=O) groups excluding carboxylic acids is 1. The highest BCUT2D eigenvalue weighted by Crippen LogP contribution is 2.21. The van der Waals surface area contributed by atoms with Crippen LogP contribution in [-0.4, -0.2) is 22.1 Å². The van der Waals surface area contributed by atoms with Crippen molar-refractivity contribution in [3.8, 4) is 0 Å². The molecule has 1 heterocycles. The summed E-state index contributed by atoms with van der Waals surface area (Å²) in [5.74, 6) is -0.205. The topological polar surface area (TPSA) is 80.9 Å². The van der Waals surface area contributed by atoms with Crippen LogP contribution in [0, 0.1) is 5.41 Å². The molecular formula is C13H24N4OS. The molecule has 0 bridgehead atoms. The van der Waals surface area contributed by atoms with E-state index < -0.39 is 6.04 Å². The van der Waals surface area contributed by atoms with Gasteiger partial charge in [0, 0.05) is 6.42 Å². The van der Waals surface area contributed by atoms with Gasteiger partial charge in [-0.1, -0.05) is 51.9 Å². The lowest BCUT2D eigenvalue weighted by Gasteiger charge is -2.25.